The van der Waals surface area contributed by atoms with E-state index in [0.717, 1.165) is 0 Å². The Bertz CT molecular complexity index is 366. The summed E-state index contributed by atoms with van der Waals surface area (Å²) >= 11 is 0. The number of alkyl carbamates (subject to hydrolysis) is 1. The summed E-state index contributed by atoms with van der Waals surface area (Å²) in [5, 5.41) is 11.1. The summed E-state index contributed by atoms with van der Waals surface area (Å²) in [6.07, 6.45) is -5.29. The Morgan fingerprint density at radius 3 is 2.27 bits per heavy atom. The third kappa shape index (κ3) is 13.5. The summed E-state index contributed by atoms with van der Waals surface area (Å²) in [5.41, 5.74) is -0.666. The van der Waals surface area contributed by atoms with Gasteiger partial charge >= 0.3 is 18.2 Å². The van der Waals surface area contributed by atoms with Crippen LogP contribution in [0.15, 0.2) is 0 Å². The maximum absolute atomic E-state index is 12.0. The Morgan fingerprint density at radius 2 is 1.82 bits per heavy atom. The van der Waals surface area contributed by atoms with E-state index >= 15 is 0 Å². The molecular formula is C13H22F3NO5. The SMILES string of the molecule is CC(C)(C)OC(=O)NCCC(COCC(F)(F)F)CC(=O)O. The van der Waals surface area contributed by atoms with Gasteiger partial charge in [-0.15, -0.1) is 0 Å². The average molecular weight is 329 g/mol. The molecule has 0 radical (unpaired) electrons. The Labute approximate surface area is 127 Å². The van der Waals surface area contributed by atoms with Crippen LogP contribution in [0.1, 0.15) is 33.6 Å². The number of halogens is 3. The van der Waals surface area contributed by atoms with E-state index in [1.165, 1.54) is 0 Å². The molecule has 0 aliphatic rings. The predicted molar refractivity (Wildman–Crippen MR) is 71.5 cm³/mol. The van der Waals surface area contributed by atoms with Crippen molar-refractivity contribution in [3.8, 4) is 0 Å². The van der Waals surface area contributed by atoms with Crippen molar-refractivity contribution in [3.05, 3.63) is 0 Å². The number of amides is 1. The molecule has 2 N–H and O–H groups in total. The second-order valence-corrected chi connectivity index (χ2v) is 5.81. The van der Waals surface area contributed by atoms with Crippen LogP contribution in [0.25, 0.3) is 0 Å². The van der Waals surface area contributed by atoms with Crippen LogP contribution in [0.2, 0.25) is 0 Å². The van der Waals surface area contributed by atoms with Gasteiger partial charge in [0.05, 0.1) is 13.0 Å². The molecule has 0 aromatic carbocycles. The summed E-state index contributed by atoms with van der Waals surface area (Å²) in [4.78, 5) is 22.0. The van der Waals surface area contributed by atoms with Gasteiger partial charge in [0.2, 0.25) is 0 Å². The van der Waals surface area contributed by atoms with Crippen LogP contribution >= 0.6 is 0 Å². The molecule has 0 aromatic heterocycles. The van der Waals surface area contributed by atoms with Crippen molar-refractivity contribution in [1.82, 2.24) is 5.32 Å². The minimum atomic E-state index is -4.46. The highest BCUT2D eigenvalue weighted by molar-refractivity contribution is 5.68. The fourth-order valence-corrected chi connectivity index (χ4v) is 1.53. The van der Waals surface area contributed by atoms with E-state index < -0.39 is 36.4 Å². The van der Waals surface area contributed by atoms with Gasteiger partial charge in [0.1, 0.15) is 12.2 Å². The van der Waals surface area contributed by atoms with Crippen LogP contribution in [0, 0.1) is 5.92 Å². The molecule has 0 rings (SSSR count). The number of alkyl halides is 3. The van der Waals surface area contributed by atoms with Crippen molar-refractivity contribution < 1.29 is 37.3 Å². The number of nitrogens with one attached hydrogen (secondary N) is 1. The Hall–Kier alpha value is -1.51. The third-order valence-corrected chi connectivity index (χ3v) is 2.30. The molecule has 22 heavy (non-hydrogen) atoms. The lowest BCUT2D eigenvalue weighted by Crippen LogP contribution is -2.34. The van der Waals surface area contributed by atoms with Crippen molar-refractivity contribution >= 4 is 12.1 Å². The Balaban J connectivity index is 4.14. The number of carboxylic acid groups (broad SMARTS) is 1. The summed E-state index contributed by atoms with van der Waals surface area (Å²) in [7, 11) is 0. The zero-order chi connectivity index (χ0) is 17.4. The van der Waals surface area contributed by atoms with Gasteiger partial charge < -0.3 is 19.9 Å². The van der Waals surface area contributed by atoms with Gasteiger partial charge in [-0.25, -0.2) is 4.79 Å². The van der Waals surface area contributed by atoms with Crippen LogP contribution in [0.4, 0.5) is 18.0 Å². The monoisotopic (exact) mass is 329 g/mol. The van der Waals surface area contributed by atoms with Crippen molar-refractivity contribution in [2.24, 2.45) is 5.92 Å². The molecule has 6 nitrogen and oxygen atoms in total. The first-order chi connectivity index (χ1) is 9.89. The fourth-order valence-electron chi connectivity index (χ4n) is 1.53. The van der Waals surface area contributed by atoms with Gasteiger partial charge in [-0.3, -0.25) is 4.79 Å². The summed E-state index contributed by atoms with van der Waals surface area (Å²) in [6, 6.07) is 0. The third-order valence-electron chi connectivity index (χ3n) is 2.30. The van der Waals surface area contributed by atoms with Gasteiger partial charge in [-0.1, -0.05) is 0 Å². The lowest BCUT2D eigenvalue weighted by atomic mass is 10.0. The smallest absolute Gasteiger partial charge is 0.411 e. The maximum atomic E-state index is 12.0. The molecule has 1 amide bonds. The van der Waals surface area contributed by atoms with Gasteiger partial charge in [-0.2, -0.15) is 13.2 Å². The lowest BCUT2D eigenvalue weighted by molar-refractivity contribution is -0.177. The minimum absolute atomic E-state index is 0.0856. The van der Waals surface area contributed by atoms with Gasteiger partial charge in [-0.05, 0) is 33.1 Å². The van der Waals surface area contributed by atoms with E-state index in [9.17, 15) is 22.8 Å². The van der Waals surface area contributed by atoms with Crippen LogP contribution in [0.5, 0.6) is 0 Å². The van der Waals surface area contributed by atoms with Crippen molar-refractivity contribution in [1.29, 1.82) is 0 Å². The standard InChI is InChI=1S/C13H22F3NO5/c1-12(2,3)22-11(20)17-5-4-9(6-10(18)19)7-21-8-13(14,15)16/h9H,4-8H2,1-3H3,(H,17,20)(H,18,19). The molecule has 1 unspecified atom stereocenters. The second-order valence-electron chi connectivity index (χ2n) is 5.81. The zero-order valence-corrected chi connectivity index (χ0v) is 12.8. The highest BCUT2D eigenvalue weighted by Crippen LogP contribution is 2.16. The first-order valence-electron chi connectivity index (χ1n) is 6.72. The second kappa shape index (κ2) is 8.82. The van der Waals surface area contributed by atoms with E-state index in [0.29, 0.717) is 0 Å². The molecule has 0 aromatic rings. The minimum Gasteiger partial charge on any atom is -0.481 e. The molecule has 9 heteroatoms. The largest absolute Gasteiger partial charge is 0.481 e. The molecule has 0 bridgehead atoms. The summed E-state index contributed by atoms with van der Waals surface area (Å²) < 4.78 is 45.4. The van der Waals surface area contributed by atoms with Crippen molar-refractivity contribution in [2.75, 3.05) is 19.8 Å². The Morgan fingerprint density at radius 1 is 1.23 bits per heavy atom. The van der Waals surface area contributed by atoms with E-state index in [2.05, 4.69) is 10.1 Å². The molecule has 0 fully saturated rings. The normalized spacial score (nSPS) is 13.5. The molecule has 0 aliphatic carbocycles. The molecule has 130 valence electrons. The molecule has 0 aliphatic heterocycles. The number of hydrogen-bond donors (Lipinski definition) is 2. The quantitative estimate of drug-likeness (QED) is 0.715. The van der Waals surface area contributed by atoms with E-state index in [1.54, 1.807) is 20.8 Å². The van der Waals surface area contributed by atoms with Gasteiger partial charge in [0.15, 0.2) is 0 Å². The molecule has 0 saturated carbocycles. The van der Waals surface area contributed by atoms with Crippen LogP contribution in [-0.4, -0.2) is 48.7 Å². The van der Waals surface area contributed by atoms with Crippen LogP contribution in [-0.2, 0) is 14.3 Å². The molecule has 0 saturated heterocycles. The lowest BCUT2D eigenvalue weighted by Gasteiger charge is -2.20. The highest BCUT2D eigenvalue weighted by Gasteiger charge is 2.28. The highest BCUT2D eigenvalue weighted by atomic mass is 19.4. The first kappa shape index (κ1) is 20.5. The zero-order valence-electron chi connectivity index (χ0n) is 12.8. The number of carbonyl (C=O) groups is 2. The van der Waals surface area contributed by atoms with Gasteiger partial charge in [0, 0.05) is 6.54 Å². The van der Waals surface area contributed by atoms with Crippen LogP contribution < -0.4 is 5.32 Å². The number of carboxylic acids is 1. The fraction of sp³-hybridized carbons (Fsp3) is 0.846. The van der Waals surface area contributed by atoms with Crippen LogP contribution in [0.3, 0.4) is 0 Å². The molecular weight excluding hydrogens is 307 g/mol. The summed E-state index contributed by atoms with van der Waals surface area (Å²) in [5.74, 6) is -1.77. The number of rotatable bonds is 8. The van der Waals surface area contributed by atoms with Gasteiger partial charge in [0.25, 0.3) is 0 Å². The first-order valence-corrected chi connectivity index (χ1v) is 6.72. The van der Waals surface area contributed by atoms with E-state index in [1.807, 2.05) is 0 Å². The summed E-state index contributed by atoms with van der Waals surface area (Å²) in [6.45, 7) is 3.37. The predicted octanol–water partition coefficient (Wildman–Crippen LogP) is 2.57. The molecule has 0 spiro atoms. The molecule has 0 heterocycles. The number of carbonyl (C=O) groups excluding carboxylic acids is 1. The maximum Gasteiger partial charge on any atom is 0.411 e. The average Bonchev–Trinajstić information content (AvgIpc) is 2.23. The topological polar surface area (TPSA) is 84.9 Å². The number of ether oxygens (including phenoxy) is 2. The molecule has 1 atom stereocenters. The number of hydrogen-bond acceptors (Lipinski definition) is 4. The van der Waals surface area contributed by atoms with E-state index in [-0.39, 0.29) is 26.0 Å². The van der Waals surface area contributed by atoms with E-state index in [4.69, 9.17) is 9.84 Å². The Kier molecular flexibility index (Phi) is 8.21. The van der Waals surface area contributed by atoms with Crippen molar-refractivity contribution in [2.45, 2.75) is 45.4 Å². The van der Waals surface area contributed by atoms with Crippen molar-refractivity contribution in [3.63, 3.8) is 0 Å². The number of aliphatic carboxylic acids is 1.